The maximum Gasteiger partial charge on any atom is 0.410 e. The predicted octanol–water partition coefficient (Wildman–Crippen LogP) is 1.94. The molecule has 1 aromatic rings. The van der Waals surface area contributed by atoms with Crippen LogP contribution < -0.4 is 5.32 Å². The lowest BCUT2D eigenvalue weighted by Gasteiger charge is -2.26. The van der Waals surface area contributed by atoms with Crippen LogP contribution in [0.25, 0.3) is 0 Å². The molecule has 1 aromatic heterocycles. The van der Waals surface area contributed by atoms with E-state index in [1.807, 2.05) is 45.6 Å². The average Bonchev–Trinajstić information content (AvgIpc) is 2.99. The van der Waals surface area contributed by atoms with Gasteiger partial charge >= 0.3 is 6.09 Å². The molecule has 6 nitrogen and oxygen atoms in total. The Morgan fingerprint density at radius 3 is 2.76 bits per heavy atom. The largest absolute Gasteiger partial charge is 0.444 e. The topological polar surface area (TPSA) is 59.4 Å². The molecule has 118 valence electrons. The second-order valence-corrected chi connectivity index (χ2v) is 6.62. The van der Waals surface area contributed by atoms with Crippen molar-refractivity contribution < 1.29 is 9.53 Å². The quantitative estimate of drug-likeness (QED) is 0.925. The van der Waals surface area contributed by atoms with Crippen molar-refractivity contribution in [2.45, 2.75) is 38.8 Å². The van der Waals surface area contributed by atoms with E-state index in [1.165, 1.54) is 0 Å². The van der Waals surface area contributed by atoms with Crippen LogP contribution in [0, 0.1) is 5.92 Å². The minimum atomic E-state index is -0.445. The lowest BCUT2D eigenvalue weighted by Crippen LogP contribution is -2.36. The van der Waals surface area contributed by atoms with Crippen molar-refractivity contribution in [1.82, 2.24) is 20.0 Å². The van der Waals surface area contributed by atoms with E-state index in [0.717, 1.165) is 18.7 Å². The number of ether oxygens (including phenoxy) is 1. The molecule has 21 heavy (non-hydrogen) atoms. The zero-order valence-corrected chi connectivity index (χ0v) is 13.6. The molecule has 2 atom stereocenters. The van der Waals surface area contributed by atoms with E-state index in [2.05, 4.69) is 10.4 Å². The van der Waals surface area contributed by atoms with Crippen LogP contribution in [0.5, 0.6) is 0 Å². The first-order chi connectivity index (χ1) is 9.81. The number of nitrogens with zero attached hydrogens (tertiary/aromatic N) is 3. The molecule has 1 fully saturated rings. The first kappa shape index (κ1) is 15.8. The summed E-state index contributed by atoms with van der Waals surface area (Å²) in [5, 5.41) is 7.59. The summed E-state index contributed by atoms with van der Waals surface area (Å²) in [7, 11) is 3.90. The summed E-state index contributed by atoms with van der Waals surface area (Å²) in [5.74, 6) is 0.373. The van der Waals surface area contributed by atoms with Crippen molar-refractivity contribution in [2.24, 2.45) is 13.0 Å². The standard InChI is InChI=1S/C15H26N4O2/c1-15(2,3)21-14(20)19-9-7-11(10-19)13(16-4)12-6-8-17-18(12)5/h6,8,11,13,16H,7,9-10H2,1-5H3. The number of amides is 1. The number of likely N-dealkylation sites (tertiary alicyclic amines) is 1. The van der Waals surface area contributed by atoms with E-state index in [0.29, 0.717) is 12.5 Å². The fourth-order valence-corrected chi connectivity index (χ4v) is 2.87. The molecule has 2 heterocycles. The molecule has 0 bridgehead atoms. The highest BCUT2D eigenvalue weighted by molar-refractivity contribution is 5.68. The third-order valence-corrected chi connectivity index (χ3v) is 3.84. The van der Waals surface area contributed by atoms with Crippen molar-refractivity contribution >= 4 is 6.09 Å². The summed E-state index contributed by atoms with van der Waals surface area (Å²) < 4.78 is 7.33. The Kier molecular flexibility index (Phi) is 4.56. The first-order valence-corrected chi connectivity index (χ1v) is 7.45. The number of carbonyl (C=O) groups excluding carboxylic acids is 1. The Labute approximate surface area is 126 Å². The lowest BCUT2D eigenvalue weighted by molar-refractivity contribution is 0.0285. The summed E-state index contributed by atoms with van der Waals surface area (Å²) in [6.07, 6.45) is 2.56. The van der Waals surface area contributed by atoms with Crippen LogP contribution in [0.1, 0.15) is 38.9 Å². The molecule has 0 spiro atoms. The monoisotopic (exact) mass is 294 g/mol. The van der Waals surface area contributed by atoms with Gasteiger partial charge in [0.05, 0.1) is 11.7 Å². The van der Waals surface area contributed by atoms with Crippen LogP contribution in [0.4, 0.5) is 4.79 Å². The van der Waals surface area contributed by atoms with Crippen molar-refractivity contribution in [2.75, 3.05) is 20.1 Å². The van der Waals surface area contributed by atoms with Crippen LogP contribution in [0.15, 0.2) is 12.3 Å². The molecule has 1 aliphatic rings. The minimum Gasteiger partial charge on any atom is -0.444 e. The van der Waals surface area contributed by atoms with E-state index in [4.69, 9.17) is 4.74 Å². The molecule has 1 aliphatic heterocycles. The molecule has 2 unspecified atom stereocenters. The number of aromatic nitrogens is 2. The van der Waals surface area contributed by atoms with Gasteiger partial charge < -0.3 is 15.0 Å². The number of hydrogen-bond acceptors (Lipinski definition) is 4. The van der Waals surface area contributed by atoms with Gasteiger partial charge in [0.15, 0.2) is 0 Å². The van der Waals surface area contributed by atoms with Crippen LogP contribution in [-0.2, 0) is 11.8 Å². The molecular weight excluding hydrogens is 268 g/mol. The molecule has 0 radical (unpaired) electrons. The Morgan fingerprint density at radius 1 is 1.52 bits per heavy atom. The van der Waals surface area contributed by atoms with Gasteiger partial charge in [0.2, 0.25) is 0 Å². The van der Waals surface area contributed by atoms with Crippen molar-refractivity contribution in [1.29, 1.82) is 0 Å². The second-order valence-electron chi connectivity index (χ2n) is 6.62. The summed E-state index contributed by atoms with van der Waals surface area (Å²) in [6, 6.07) is 2.22. The summed E-state index contributed by atoms with van der Waals surface area (Å²) in [5.41, 5.74) is 0.702. The molecule has 0 saturated carbocycles. The van der Waals surface area contributed by atoms with E-state index in [1.54, 1.807) is 11.1 Å². The van der Waals surface area contributed by atoms with Gasteiger partial charge in [-0.2, -0.15) is 5.10 Å². The van der Waals surface area contributed by atoms with Crippen LogP contribution in [0.2, 0.25) is 0 Å². The summed E-state index contributed by atoms with van der Waals surface area (Å²) in [6.45, 7) is 7.14. The molecule has 2 rings (SSSR count). The first-order valence-electron chi connectivity index (χ1n) is 7.45. The molecule has 1 saturated heterocycles. The fourth-order valence-electron chi connectivity index (χ4n) is 2.87. The number of rotatable bonds is 3. The molecule has 0 aromatic carbocycles. The van der Waals surface area contributed by atoms with E-state index >= 15 is 0 Å². The third-order valence-electron chi connectivity index (χ3n) is 3.84. The lowest BCUT2D eigenvalue weighted by atomic mass is 9.96. The van der Waals surface area contributed by atoms with Crippen molar-refractivity contribution in [3.8, 4) is 0 Å². The molecule has 6 heteroatoms. The SMILES string of the molecule is CNC(c1ccnn1C)C1CCN(C(=O)OC(C)(C)C)C1. The van der Waals surface area contributed by atoms with Crippen LogP contribution >= 0.6 is 0 Å². The summed E-state index contributed by atoms with van der Waals surface area (Å²) >= 11 is 0. The highest BCUT2D eigenvalue weighted by Gasteiger charge is 2.34. The minimum absolute atomic E-state index is 0.199. The maximum absolute atomic E-state index is 12.1. The third kappa shape index (κ3) is 3.75. The fraction of sp³-hybridized carbons (Fsp3) is 0.733. The van der Waals surface area contributed by atoms with Crippen LogP contribution in [-0.4, -0.2) is 46.5 Å². The van der Waals surface area contributed by atoms with Gasteiger partial charge in [0.1, 0.15) is 5.60 Å². The molecule has 1 N–H and O–H groups in total. The van der Waals surface area contributed by atoms with Crippen LogP contribution in [0.3, 0.4) is 0 Å². The summed E-state index contributed by atoms with van der Waals surface area (Å²) in [4.78, 5) is 13.9. The smallest absolute Gasteiger partial charge is 0.410 e. The zero-order chi connectivity index (χ0) is 15.6. The number of nitrogens with one attached hydrogen (secondary N) is 1. The van der Waals surface area contributed by atoms with Crippen molar-refractivity contribution in [3.63, 3.8) is 0 Å². The van der Waals surface area contributed by atoms with Gasteiger partial charge in [0.25, 0.3) is 0 Å². The highest BCUT2D eigenvalue weighted by Crippen LogP contribution is 2.30. The normalized spacial score (nSPS) is 20.6. The number of aryl methyl sites for hydroxylation is 1. The molecule has 1 amide bonds. The predicted molar refractivity (Wildman–Crippen MR) is 80.9 cm³/mol. The van der Waals surface area contributed by atoms with Gasteiger partial charge in [-0.1, -0.05) is 0 Å². The maximum atomic E-state index is 12.1. The van der Waals surface area contributed by atoms with Gasteiger partial charge in [-0.25, -0.2) is 4.79 Å². The molecule has 0 aliphatic carbocycles. The van der Waals surface area contributed by atoms with E-state index in [-0.39, 0.29) is 12.1 Å². The number of carbonyl (C=O) groups is 1. The Balaban J connectivity index is 2.01. The van der Waals surface area contributed by atoms with E-state index in [9.17, 15) is 4.79 Å². The number of hydrogen-bond donors (Lipinski definition) is 1. The van der Waals surface area contributed by atoms with Gasteiger partial charge in [-0.3, -0.25) is 4.68 Å². The molecular formula is C15H26N4O2. The Morgan fingerprint density at radius 2 is 2.24 bits per heavy atom. The Bertz CT molecular complexity index is 492. The van der Waals surface area contributed by atoms with Crippen molar-refractivity contribution in [3.05, 3.63) is 18.0 Å². The van der Waals surface area contributed by atoms with Gasteiger partial charge in [-0.15, -0.1) is 0 Å². The Hall–Kier alpha value is -1.56. The zero-order valence-electron chi connectivity index (χ0n) is 13.6. The highest BCUT2D eigenvalue weighted by atomic mass is 16.6. The second kappa shape index (κ2) is 6.05. The van der Waals surface area contributed by atoms with E-state index < -0.39 is 5.60 Å². The van der Waals surface area contributed by atoms with Gasteiger partial charge in [-0.05, 0) is 46.2 Å². The van der Waals surface area contributed by atoms with Gasteiger partial charge in [0, 0.05) is 26.3 Å². The average molecular weight is 294 g/mol.